The van der Waals surface area contributed by atoms with E-state index in [1.165, 1.54) is 0 Å². The minimum atomic E-state index is -4.58. The molecule has 0 aromatic carbocycles. The van der Waals surface area contributed by atoms with Gasteiger partial charge in [-0.15, -0.1) is 0 Å². The fourth-order valence-electron chi connectivity index (χ4n) is 2.68. The van der Waals surface area contributed by atoms with E-state index in [9.17, 15) is 22.8 Å². The molecule has 0 saturated heterocycles. The first-order chi connectivity index (χ1) is 9.15. The molecule has 1 rings (SSSR count). The number of carbonyl (C=O) groups excluding carboxylic acids is 1. The van der Waals surface area contributed by atoms with Crippen LogP contribution in [-0.2, 0) is 9.59 Å². The van der Waals surface area contributed by atoms with Gasteiger partial charge in [0, 0.05) is 6.54 Å². The lowest BCUT2D eigenvalue weighted by molar-refractivity contribution is -0.166. The predicted molar refractivity (Wildman–Crippen MR) is 62.7 cm³/mol. The zero-order chi connectivity index (χ0) is 15.5. The number of carbonyl (C=O) groups is 2. The summed E-state index contributed by atoms with van der Waals surface area (Å²) in [6, 6.07) is 0. The number of aliphatic hydroxyl groups is 1. The summed E-state index contributed by atoms with van der Waals surface area (Å²) in [5.41, 5.74) is 0. The van der Waals surface area contributed by atoms with Crippen LogP contribution < -0.4 is 0 Å². The van der Waals surface area contributed by atoms with Gasteiger partial charge in [-0.05, 0) is 18.8 Å². The lowest BCUT2D eigenvalue weighted by Crippen LogP contribution is -2.45. The van der Waals surface area contributed by atoms with E-state index in [1.807, 2.05) is 0 Å². The van der Waals surface area contributed by atoms with Crippen molar-refractivity contribution in [3.05, 3.63) is 0 Å². The van der Waals surface area contributed by atoms with E-state index >= 15 is 0 Å². The second-order valence-corrected chi connectivity index (χ2v) is 5.23. The molecule has 1 fully saturated rings. The van der Waals surface area contributed by atoms with Gasteiger partial charge in [0.15, 0.2) is 0 Å². The molecule has 0 aliphatic heterocycles. The van der Waals surface area contributed by atoms with Gasteiger partial charge in [-0.2, -0.15) is 13.2 Å². The summed E-state index contributed by atoms with van der Waals surface area (Å²) >= 11 is 0. The van der Waals surface area contributed by atoms with E-state index in [0.717, 1.165) is 0 Å². The van der Waals surface area contributed by atoms with Crippen LogP contribution in [0.25, 0.3) is 0 Å². The Bertz CT molecular complexity index is 372. The molecular weight excluding hydrogens is 279 g/mol. The van der Waals surface area contributed by atoms with E-state index < -0.39 is 49.6 Å². The number of nitrogens with zero attached hydrogens (tertiary/aromatic N) is 1. The zero-order valence-electron chi connectivity index (χ0n) is 11.1. The Morgan fingerprint density at radius 1 is 1.25 bits per heavy atom. The number of aliphatic carboxylic acids is 1. The summed E-state index contributed by atoms with van der Waals surface area (Å²) in [6.07, 6.45) is -4.03. The lowest BCUT2D eigenvalue weighted by atomic mass is 9.94. The second-order valence-electron chi connectivity index (χ2n) is 5.23. The van der Waals surface area contributed by atoms with Crippen molar-refractivity contribution in [2.45, 2.75) is 25.9 Å². The summed E-state index contributed by atoms with van der Waals surface area (Å²) in [6.45, 7) is -0.746. The molecule has 2 N–H and O–H groups in total. The third kappa shape index (κ3) is 4.36. The average molecular weight is 297 g/mol. The van der Waals surface area contributed by atoms with Crippen LogP contribution in [0, 0.1) is 17.8 Å². The number of aliphatic hydroxyl groups excluding tert-OH is 1. The third-order valence-electron chi connectivity index (χ3n) is 3.48. The van der Waals surface area contributed by atoms with Crippen molar-refractivity contribution in [3.63, 3.8) is 0 Å². The van der Waals surface area contributed by atoms with Gasteiger partial charge in [0.05, 0.1) is 18.4 Å². The molecule has 116 valence electrons. The topological polar surface area (TPSA) is 77.8 Å². The molecule has 3 atom stereocenters. The van der Waals surface area contributed by atoms with E-state index in [1.54, 1.807) is 6.92 Å². The molecule has 5 nitrogen and oxygen atoms in total. The minimum absolute atomic E-state index is 0.0214. The van der Waals surface area contributed by atoms with E-state index in [4.69, 9.17) is 10.2 Å². The number of hydrogen-bond acceptors (Lipinski definition) is 3. The fourth-order valence-corrected chi connectivity index (χ4v) is 2.68. The van der Waals surface area contributed by atoms with E-state index in [-0.39, 0.29) is 18.8 Å². The molecule has 0 aromatic heterocycles. The highest BCUT2D eigenvalue weighted by Crippen LogP contribution is 2.37. The molecular formula is C12H18F3NO4. The minimum Gasteiger partial charge on any atom is -0.481 e. The van der Waals surface area contributed by atoms with Gasteiger partial charge in [-0.3, -0.25) is 9.59 Å². The van der Waals surface area contributed by atoms with E-state index in [0.29, 0.717) is 4.90 Å². The number of halogens is 3. The first kappa shape index (κ1) is 16.7. The standard InChI is InChI=1S/C12H18F3NO4/c1-7-4-8(9(5-7)11(19)20)10(18)16(2-3-17)6-12(13,14)15/h7-9,17H,2-6H2,1H3,(H,19,20)/t7?,8-,9+/m0/s1. The number of amides is 1. The molecule has 0 aromatic rings. The number of rotatable bonds is 5. The fraction of sp³-hybridized carbons (Fsp3) is 0.833. The number of carboxylic acid groups (broad SMARTS) is 1. The maximum atomic E-state index is 12.4. The van der Waals surface area contributed by atoms with Gasteiger partial charge in [0.1, 0.15) is 6.54 Å². The first-order valence-electron chi connectivity index (χ1n) is 6.35. The van der Waals surface area contributed by atoms with Crippen LogP contribution in [0.1, 0.15) is 19.8 Å². The summed E-state index contributed by atoms with van der Waals surface area (Å²) in [7, 11) is 0. The molecule has 1 unspecified atom stereocenters. The Balaban J connectivity index is 2.85. The summed E-state index contributed by atoms with van der Waals surface area (Å²) in [5.74, 6) is -3.92. The number of carboxylic acids is 1. The zero-order valence-corrected chi connectivity index (χ0v) is 11.1. The normalized spacial score (nSPS) is 26.6. The molecule has 0 bridgehead atoms. The van der Waals surface area contributed by atoms with Crippen LogP contribution in [0.15, 0.2) is 0 Å². The number of alkyl halides is 3. The predicted octanol–water partition coefficient (Wildman–Crippen LogP) is 1.12. The van der Waals surface area contributed by atoms with Crippen molar-refractivity contribution in [2.75, 3.05) is 19.7 Å². The van der Waals surface area contributed by atoms with Crippen molar-refractivity contribution in [3.8, 4) is 0 Å². The van der Waals surface area contributed by atoms with Gasteiger partial charge in [0.25, 0.3) is 0 Å². The van der Waals surface area contributed by atoms with Crippen molar-refractivity contribution < 1.29 is 33.0 Å². The van der Waals surface area contributed by atoms with Crippen molar-refractivity contribution in [1.29, 1.82) is 0 Å². The smallest absolute Gasteiger partial charge is 0.406 e. The van der Waals surface area contributed by atoms with Crippen LogP contribution in [0.4, 0.5) is 13.2 Å². The Hall–Kier alpha value is -1.31. The average Bonchev–Trinajstić information content (AvgIpc) is 2.68. The maximum Gasteiger partial charge on any atom is 0.406 e. The quantitative estimate of drug-likeness (QED) is 0.797. The van der Waals surface area contributed by atoms with Gasteiger partial charge in [-0.1, -0.05) is 6.92 Å². The van der Waals surface area contributed by atoms with Gasteiger partial charge >= 0.3 is 12.1 Å². The third-order valence-corrected chi connectivity index (χ3v) is 3.48. The van der Waals surface area contributed by atoms with Gasteiger partial charge in [0.2, 0.25) is 5.91 Å². The van der Waals surface area contributed by atoms with Gasteiger partial charge < -0.3 is 15.1 Å². The van der Waals surface area contributed by atoms with Crippen molar-refractivity contribution in [1.82, 2.24) is 4.90 Å². The van der Waals surface area contributed by atoms with Crippen LogP contribution >= 0.6 is 0 Å². The Morgan fingerprint density at radius 2 is 1.80 bits per heavy atom. The lowest BCUT2D eigenvalue weighted by Gasteiger charge is -2.27. The number of hydrogen-bond donors (Lipinski definition) is 2. The van der Waals surface area contributed by atoms with Crippen molar-refractivity contribution >= 4 is 11.9 Å². The summed E-state index contributed by atoms with van der Waals surface area (Å²) in [5, 5.41) is 17.8. The summed E-state index contributed by atoms with van der Waals surface area (Å²) in [4.78, 5) is 23.7. The monoisotopic (exact) mass is 297 g/mol. The SMILES string of the molecule is CC1C[C@H](C(=O)N(CCO)CC(F)(F)F)[C@H](C(=O)O)C1. The Kier molecular flexibility index (Phi) is 5.38. The van der Waals surface area contributed by atoms with Crippen LogP contribution in [0.5, 0.6) is 0 Å². The largest absolute Gasteiger partial charge is 0.481 e. The first-order valence-corrected chi connectivity index (χ1v) is 6.35. The molecule has 0 spiro atoms. The molecule has 1 saturated carbocycles. The van der Waals surface area contributed by atoms with Crippen LogP contribution in [-0.4, -0.2) is 52.9 Å². The molecule has 20 heavy (non-hydrogen) atoms. The molecule has 8 heteroatoms. The molecule has 1 aliphatic carbocycles. The molecule has 0 heterocycles. The van der Waals surface area contributed by atoms with Crippen LogP contribution in [0.3, 0.4) is 0 Å². The highest BCUT2D eigenvalue weighted by Gasteiger charge is 2.44. The Morgan fingerprint density at radius 3 is 2.25 bits per heavy atom. The molecule has 0 radical (unpaired) electrons. The van der Waals surface area contributed by atoms with Crippen molar-refractivity contribution in [2.24, 2.45) is 17.8 Å². The Labute approximate surface area is 114 Å². The highest BCUT2D eigenvalue weighted by molar-refractivity contribution is 5.85. The molecule has 1 amide bonds. The highest BCUT2D eigenvalue weighted by atomic mass is 19.4. The van der Waals surface area contributed by atoms with E-state index in [2.05, 4.69) is 0 Å². The summed E-state index contributed by atoms with van der Waals surface area (Å²) < 4.78 is 37.3. The molecule has 1 aliphatic rings. The van der Waals surface area contributed by atoms with Gasteiger partial charge in [-0.25, -0.2) is 0 Å². The van der Waals surface area contributed by atoms with Crippen LogP contribution in [0.2, 0.25) is 0 Å². The maximum absolute atomic E-state index is 12.4. The second kappa shape index (κ2) is 6.43.